The summed E-state index contributed by atoms with van der Waals surface area (Å²) in [6.45, 7) is 18.9. The van der Waals surface area contributed by atoms with Crippen molar-refractivity contribution in [2.75, 3.05) is 0 Å². The minimum absolute atomic E-state index is 0.630. The number of pyridine rings is 1. The van der Waals surface area contributed by atoms with Gasteiger partial charge < -0.3 is 9.13 Å². The van der Waals surface area contributed by atoms with Crippen LogP contribution < -0.4 is 0 Å². The van der Waals surface area contributed by atoms with Crippen molar-refractivity contribution in [3.8, 4) is 23.0 Å². The molecule has 0 radical (unpaired) electrons. The maximum atomic E-state index is 5.23. The van der Waals surface area contributed by atoms with Crippen LogP contribution in [-0.2, 0) is 13.1 Å². The first-order valence-electron chi connectivity index (χ1n) is 16.5. The van der Waals surface area contributed by atoms with Gasteiger partial charge in [0.05, 0.1) is 22.1 Å². The van der Waals surface area contributed by atoms with Crippen LogP contribution >= 0.6 is 0 Å². The van der Waals surface area contributed by atoms with E-state index in [4.69, 9.17) is 15.0 Å². The molecule has 2 aromatic carbocycles. The van der Waals surface area contributed by atoms with Gasteiger partial charge in [0.2, 0.25) is 0 Å². The predicted octanol–water partition coefficient (Wildman–Crippen LogP) is 10.7. The van der Waals surface area contributed by atoms with E-state index in [1.165, 1.54) is 36.8 Å². The largest absolute Gasteiger partial charge is 0.323 e. The van der Waals surface area contributed by atoms with Crippen LogP contribution in [-0.4, -0.2) is 24.1 Å². The smallest absolute Gasteiger partial charge is 0.159 e. The van der Waals surface area contributed by atoms with Crippen molar-refractivity contribution in [2.24, 2.45) is 11.8 Å². The Bertz CT molecular complexity index is 1600. The fraction of sp³-hybridized carbons (Fsp3) is 0.410. The highest BCUT2D eigenvalue weighted by atomic mass is 15.1. The molecular weight excluding hydrogens is 538 g/mol. The molecule has 230 valence electrons. The lowest BCUT2D eigenvalue weighted by molar-refractivity contribution is 0.443. The van der Waals surface area contributed by atoms with Crippen LogP contribution in [0.25, 0.3) is 45.1 Å². The Balaban J connectivity index is 1.43. The standard InChI is InChI=1S/C39H49N5/c1-28(2)14-11-16-30(5)24-26-43-36-22-9-7-18-32(36)41-38(43)34-20-13-21-35(40-34)39-42-33-19-8-10-23-37(33)44(39)27-25-31(6)17-12-15-29(3)4/h7-10,13,18-23,30-31H,1,3,11-12,14-17,24-27H2,2,4-6H3/t30-,31-/m0/s1. The molecule has 0 aliphatic carbocycles. The van der Waals surface area contributed by atoms with E-state index in [1.807, 2.05) is 0 Å². The molecule has 0 aliphatic rings. The quantitative estimate of drug-likeness (QED) is 0.108. The summed E-state index contributed by atoms with van der Waals surface area (Å²) in [5, 5.41) is 0. The average Bonchev–Trinajstić information content (AvgIpc) is 3.57. The number of allylic oxidation sites excluding steroid dienone is 2. The molecule has 0 N–H and O–H groups in total. The number of nitrogens with zero attached hydrogens (tertiary/aromatic N) is 5. The van der Waals surface area contributed by atoms with Gasteiger partial charge >= 0.3 is 0 Å². The van der Waals surface area contributed by atoms with Crippen LogP contribution in [0.2, 0.25) is 0 Å². The molecule has 0 fully saturated rings. The molecule has 2 atom stereocenters. The lowest BCUT2D eigenvalue weighted by Gasteiger charge is -2.15. The molecule has 3 aromatic heterocycles. The van der Waals surface area contributed by atoms with Gasteiger partial charge in [0.1, 0.15) is 11.4 Å². The molecule has 0 saturated carbocycles. The molecule has 0 aliphatic heterocycles. The molecule has 0 unspecified atom stereocenters. The van der Waals surface area contributed by atoms with Crippen LogP contribution in [0.5, 0.6) is 0 Å². The van der Waals surface area contributed by atoms with E-state index in [2.05, 4.69) is 117 Å². The third-order valence-corrected chi connectivity index (χ3v) is 8.81. The van der Waals surface area contributed by atoms with Gasteiger partial charge in [-0.2, -0.15) is 0 Å². The van der Waals surface area contributed by atoms with Crippen molar-refractivity contribution in [1.29, 1.82) is 0 Å². The van der Waals surface area contributed by atoms with E-state index in [0.29, 0.717) is 11.8 Å². The van der Waals surface area contributed by atoms with Crippen LogP contribution in [0, 0.1) is 11.8 Å². The topological polar surface area (TPSA) is 48.5 Å². The first-order chi connectivity index (χ1) is 21.3. The predicted molar refractivity (Wildman–Crippen MR) is 187 cm³/mol. The van der Waals surface area contributed by atoms with Crippen molar-refractivity contribution in [2.45, 2.75) is 92.2 Å². The van der Waals surface area contributed by atoms with Gasteiger partial charge in [-0.3, -0.25) is 0 Å². The highest BCUT2D eigenvalue weighted by Crippen LogP contribution is 2.30. The van der Waals surface area contributed by atoms with Gasteiger partial charge in [-0.05, 0) is 101 Å². The molecule has 0 amide bonds. The lowest BCUT2D eigenvalue weighted by atomic mass is 9.99. The molecule has 5 aromatic rings. The number of para-hydroxylation sites is 4. The van der Waals surface area contributed by atoms with Crippen LogP contribution in [0.1, 0.15) is 79.1 Å². The number of aromatic nitrogens is 5. The number of hydrogen-bond donors (Lipinski definition) is 0. The second kappa shape index (κ2) is 14.7. The molecule has 5 nitrogen and oxygen atoms in total. The highest BCUT2D eigenvalue weighted by molar-refractivity contribution is 5.82. The molecule has 0 saturated heterocycles. The fourth-order valence-electron chi connectivity index (χ4n) is 6.17. The summed E-state index contributed by atoms with van der Waals surface area (Å²) in [7, 11) is 0. The van der Waals surface area contributed by atoms with Gasteiger partial charge in [-0.25, -0.2) is 15.0 Å². The highest BCUT2D eigenvalue weighted by Gasteiger charge is 2.18. The molecule has 0 spiro atoms. The lowest BCUT2D eigenvalue weighted by Crippen LogP contribution is -2.08. The fourth-order valence-corrected chi connectivity index (χ4v) is 6.17. The summed E-state index contributed by atoms with van der Waals surface area (Å²) in [5.74, 6) is 3.11. The van der Waals surface area contributed by atoms with Gasteiger partial charge in [0.15, 0.2) is 11.6 Å². The zero-order chi connectivity index (χ0) is 31.1. The zero-order valence-corrected chi connectivity index (χ0v) is 27.2. The normalized spacial score (nSPS) is 13.0. The Morgan fingerprint density at radius 1 is 0.591 bits per heavy atom. The third kappa shape index (κ3) is 7.74. The minimum Gasteiger partial charge on any atom is -0.323 e. The van der Waals surface area contributed by atoms with E-state index in [9.17, 15) is 0 Å². The first kappa shape index (κ1) is 31.4. The Morgan fingerprint density at radius 2 is 1.02 bits per heavy atom. The maximum absolute atomic E-state index is 5.23. The summed E-state index contributed by atoms with van der Waals surface area (Å²) in [6, 6.07) is 23.2. The summed E-state index contributed by atoms with van der Waals surface area (Å²) in [4.78, 5) is 15.4. The van der Waals surface area contributed by atoms with Gasteiger partial charge in [-0.1, -0.05) is 68.2 Å². The molecule has 3 heterocycles. The number of rotatable bonds is 16. The Morgan fingerprint density at radius 3 is 1.45 bits per heavy atom. The van der Waals surface area contributed by atoms with Crippen molar-refractivity contribution >= 4 is 22.1 Å². The van der Waals surface area contributed by atoms with Gasteiger partial charge in [0, 0.05) is 13.1 Å². The van der Waals surface area contributed by atoms with Crippen LogP contribution in [0.15, 0.2) is 91.0 Å². The Labute approximate surface area is 263 Å². The van der Waals surface area contributed by atoms with Crippen molar-refractivity contribution < 1.29 is 0 Å². The van der Waals surface area contributed by atoms with Crippen LogP contribution in [0.4, 0.5) is 0 Å². The summed E-state index contributed by atoms with van der Waals surface area (Å²) < 4.78 is 4.73. The van der Waals surface area contributed by atoms with Gasteiger partial charge in [0.25, 0.3) is 0 Å². The molecular formula is C39H49N5. The average molecular weight is 588 g/mol. The monoisotopic (exact) mass is 587 g/mol. The number of fused-ring (bicyclic) bond motifs is 2. The molecule has 0 bridgehead atoms. The van der Waals surface area contributed by atoms with Crippen LogP contribution in [0.3, 0.4) is 0 Å². The SMILES string of the molecule is C=C(C)CCC[C@H](C)CCn1c(-c2cccc(-c3nc4ccccc4n3CC[C@@H](C)CCCC(=C)C)n2)nc2ccccc21. The minimum atomic E-state index is 0.630. The summed E-state index contributed by atoms with van der Waals surface area (Å²) in [5.41, 5.74) is 8.67. The van der Waals surface area contributed by atoms with E-state index < -0.39 is 0 Å². The molecule has 5 heteroatoms. The number of benzene rings is 2. The molecule has 5 rings (SSSR count). The third-order valence-electron chi connectivity index (χ3n) is 8.81. The van der Waals surface area contributed by atoms with E-state index >= 15 is 0 Å². The zero-order valence-electron chi connectivity index (χ0n) is 27.2. The van der Waals surface area contributed by atoms with E-state index in [-0.39, 0.29) is 0 Å². The molecule has 44 heavy (non-hydrogen) atoms. The van der Waals surface area contributed by atoms with E-state index in [0.717, 1.165) is 83.9 Å². The van der Waals surface area contributed by atoms with Crippen molar-refractivity contribution in [1.82, 2.24) is 24.1 Å². The number of imidazole rings is 2. The second-order valence-electron chi connectivity index (χ2n) is 13.0. The van der Waals surface area contributed by atoms with E-state index in [1.54, 1.807) is 0 Å². The first-order valence-corrected chi connectivity index (χ1v) is 16.5. The summed E-state index contributed by atoms with van der Waals surface area (Å²) >= 11 is 0. The van der Waals surface area contributed by atoms with Crippen molar-refractivity contribution in [3.63, 3.8) is 0 Å². The maximum Gasteiger partial charge on any atom is 0.159 e. The summed E-state index contributed by atoms with van der Waals surface area (Å²) in [6.07, 6.45) is 9.25. The number of aryl methyl sites for hydroxylation is 2. The van der Waals surface area contributed by atoms with Gasteiger partial charge in [-0.15, -0.1) is 13.2 Å². The number of hydrogen-bond acceptors (Lipinski definition) is 3. The Hall–Kier alpha value is -3.99. The van der Waals surface area contributed by atoms with Crippen molar-refractivity contribution in [3.05, 3.63) is 91.0 Å². The second-order valence-corrected chi connectivity index (χ2v) is 13.0. The Kier molecular flexibility index (Phi) is 10.5.